The Kier molecular flexibility index (Phi) is 6.44. The number of carbonyl (C=O) groups is 1. The third-order valence-electron chi connectivity index (χ3n) is 7.56. The molecule has 198 valence electrons. The van der Waals surface area contributed by atoms with Gasteiger partial charge < -0.3 is 25.4 Å². The van der Waals surface area contributed by atoms with Crippen LogP contribution in [0.3, 0.4) is 0 Å². The van der Waals surface area contributed by atoms with Crippen molar-refractivity contribution >= 4 is 46.1 Å². The number of rotatable bonds is 5. The molecule has 2 aromatic carbocycles. The Balaban J connectivity index is 1.42. The van der Waals surface area contributed by atoms with Crippen LogP contribution >= 0.6 is 23.2 Å². The van der Waals surface area contributed by atoms with Crippen LogP contribution in [-0.2, 0) is 11.3 Å². The molecule has 2 heterocycles. The van der Waals surface area contributed by atoms with Crippen LogP contribution in [-0.4, -0.2) is 54.9 Å². The van der Waals surface area contributed by atoms with Crippen LogP contribution in [0.5, 0.6) is 0 Å². The number of benzene rings is 2. The van der Waals surface area contributed by atoms with E-state index in [0.717, 1.165) is 5.56 Å². The van der Waals surface area contributed by atoms with E-state index in [-0.39, 0.29) is 17.6 Å². The molecule has 5 atom stereocenters. The van der Waals surface area contributed by atoms with E-state index in [0.29, 0.717) is 45.6 Å². The van der Waals surface area contributed by atoms with E-state index in [1.807, 2.05) is 30.3 Å². The summed E-state index contributed by atoms with van der Waals surface area (Å²) in [7, 11) is 1.53. The van der Waals surface area contributed by atoms with Crippen molar-refractivity contribution in [2.45, 2.75) is 31.2 Å². The maximum atomic E-state index is 12.6. The average Bonchev–Trinajstić information content (AvgIpc) is 3.47. The summed E-state index contributed by atoms with van der Waals surface area (Å²) in [5.74, 6) is 6.19. The van der Waals surface area contributed by atoms with Gasteiger partial charge >= 0.3 is 0 Å². The molecule has 39 heavy (non-hydrogen) atoms. The number of halogens is 2. The van der Waals surface area contributed by atoms with Gasteiger partial charge in [-0.25, -0.2) is 15.0 Å². The van der Waals surface area contributed by atoms with Gasteiger partial charge in [-0.1, -0.05) is 47.3 Å². The highest BCUT2D eigenvalue weighted by atomic mass is 35.5. The van der Waals surface area contributed by atoms with Crippen molar-refractivity contribution in [2.24, 2.45) is 11.3 Å². The number of amides is 1. The second-order valence-electron chi connectivity index (χ2n) is 9.82. The Labute approximate surface area is 234 Å². The fourth-order valence-electron chi connectivity index (χ4n) is 5.63. The molecule has 11 heteroatoms. The monoisotopic (exact) mass is 562 g/mol. The lowest BCUT2D eigenvalue weighted by atomic mass is 9.98. The second kappa shape index (κ2) is 9.81. The minimum absolute atomic E-state index is 0.235. The van der Waals surface area contributed by atoms with E-state index in [9.17, 15) is 15.0 Å². The molecule has 1 amide bonds. The number of aromatic nitrogens is 4. The van der Waals surface area contributed by atoms with Crippen LogP contribution in [0.1, 0.15) is 29.4 Å². The lowest BCUT2D eigenvalue weighted by molar-refractivity contribution is -0.132. The van der Waals surface area contributed by atoms with Gasteiger partial charge in [-0.2, -0.15) is 0 Å². The van der Waals surface area contributed by atoms with Gasteiger partial charge in [-0.15, -0.1) is 0 Å². The zero-order valence-electron chi connectivity index (χ0n) is 20.8. The highest BCUT2D eigenvalue weighted by Gasteiger charge is 2.75. The Morgan fingerprint density at radius 2 is 1.90 bits per heavy atom. The first-order chi connectivity index (χ1) is 18.8. The van der Waals surface area contributed by atoms with Crippen LogP contribution in [0, 0.1) is 23.2 Å². The SMILES string of the molecule is CNC(=O)[C@]12C[C@@H]1[C@@H](n1cnc3c(NCc4cccc(Cl)c4)nc(C#Cc4cccc(Cl)c4)nc31)[C@H](O)[C@@H]2O. The number of anilines is 1. The lowest BCUT2D eigenvalue weighted by Crippen LogP contribution is -2.41. The molecule has 6 rings (SSSR count). The van der Waals surface area contributed by atoms with Crippen molar-refractivity contribution in [1.29, 1.82) is 0 Å². The van der Waals surface area contributed by atoms with Crippen molar-refractivity contribution < 1.29 is 15.0 Å². The van der Waals surface area contributed by atoms with Crippen LogP contribution in [0.25, 0.3) is 11.2 Å². The summed E-state index contributed by atoms with van der Waals surface area (Å²) in [4.78, 5) is 26.5. The average molecular weight is 563 g/mol. The first kappa shape index (κ1) is 25.6. The summed E-state index contributed by atoms with van der Waals surface area (Å²) >= 11 is 12.3. The fraction of sp³-hybridized carbons (Fsp3) is 0.286. The molecule has 0 unspecified atom stereocenters. The van der Waals surface area contributed by atoms with Crippen LogP contribution in [0.15, 0.2) is 54.9 Å². The van der Waals surface area contributed by atoms with E-state index >= 15 is 0 Å². The molecule has 4 N–H and O–H groups in total. The molecule has 0 radical (unpaired) electrons. The summed E-state index contributed by atoms with van der Waals surface area (Å²) in [6, 6.07) is 14.0. The summed E-state index contributed by atoms with van der Waals surface area (Å²) in [6.45, 7) is 0.424. The van der Waals surface area contributed by atoms with Crippen molar-refractivity contribution in [3.63, 3.8) is 0 Å². The van der Waals surface area contributed by atoms with Gasteiger partial charge in [0.25, 0.3) is 0 Å². The molecule has 2 saturated carbocycles. The highest BCUT2D eigenvalue weighted by molar-refractivity contribution is 6.30. The zero-order valence-corrected chi connectivity index (χ0v) is 22.3. The Bertz CT molecular complexity index is 1660. The van der Waals surface area contributed by atoms with Crippen molar-refractivity contribution in [1.82, 2.24) is 24.8 Å². The normalized spacial score (nSPS) is 25.1. The second-order valence-corrected chi connectivity index (χ2v) is 10.7. The summed E-state index contributed by atoms with van der Waals surface area (Å²) in [5, 5.41) is 29.0. The number of fused-ring (bicyclic) bond motifs is 2. The van der Waals surface area contributed by atoms with Crippen LogP contribution in [0.2, 0.25) is 10.0 Å². The summed E-state index contributed by atoms with van der Waals surface area (Å²) in [5.41, 5.74) is 1.54. The molecule has 0 bridgehead atoms. The molecule has 2 aliphatic rings. The van der Waals surface area contributed by atoms with E-state index < -0.39 is 23.7 Å². The number of imidazole rings is 1. The molecule has 0 spiro atoms. The molecular formula is C28H24Cl2N6O3. The molecule has 0 aliphatic heterocycles. The molecule has 4 aromatic rings. The van der Waals surface area contributed by atoms with Gasteiger partial charge in [-0.3, -0.25) is 4.79 Å². The van der Waals surface area contributed by atoms with E-state index in [2.05, 4.69) is 37.4 Å². The Morgan fingerprint density at radius 3 is 2.64 bits per heavy atom. The van der Waals surface area contributed by atoms with Crippen molar-refractivity contribution in [2.75, 3.05) is 12.4 Å². The van der Waals surface area contributed by atoms with Gasteiger partial charge in [0.05, 0.1) is 23.9 Å². The number of aliphatic hydroxyl groups excluding tert-OH is 2. The molecule has 0 saturated heterocycles. The standard InChI is InChI=1S/C28H24Cl2N6O3/c1-31-27(39)28-12-19(28)22(23(37)24(28)38)36-14-33-21-25(32-13-16-5-3-7-18(30)11-16)34-20(35-26(21)36)9-8-15-4-2-6-17(29)10-15/h2-7,10-11,14,19,22-24,37-38H,12-13H2,1H3,(H,31,39)(H,32,34,35)/t19-,22-,23+,24+,28-/m1/s1. The van der Waals surface area contributed by atoms with Gasteiger partial charge in [-0.05, 0) is 48.2 Å². The van der Waals surface area contributed by atoms with E-state index in [4.69, 9.17) is 23.2 Å². The molecule has 2 fully saturated rings. The Hall–Kier alpha value is -3.68. The van der Waals surface area contributed by atoms with E-state index in [1.165, 1.54) is 7.05 Å². The predicted octanol–water partition coefficient (Wildman–Crippen LogP) is 3.17. The first-order valence-electron chi connectivity index (χ1n) is 12.4. The van der Waals surface area contributed by atoms with Crippen molar-refractivity contribution in [3.05, 3.63) is 81.9 Å². The molecule has 2 aliphatic carbocycles. The molecule has 9 nitrogen and oxygen atoms in total. The van der Waals surface area contributed by atoms with E-state index in [1.54, 1.807) is 29.1 Å². The number of aliphatic hydroxyl groups is 2. The number of hydrogen-bond acceptors (Lipinski definition) is 7. The minimum Gasteiger partial charge on any atom is -0.389 e. The maximum Gasteiger partial charge on any atom is 0.229 e. The van der Waals surface area contributed by atoms with Gasteiger partial charge in [0.2, 0.25) is 11.7 Å². The highest BCUT2D eigenvalue weighted by Crippen LogP contribution is 2.67. The topological polar surface area (TPSA) is 125 Å². The van der Waals surface area contributed by atoms with Gasteiger partial charge in [0.1, 0.15) is 6.10 Å². The number of nitrogens with zero attached hydrogens (tertiary/aromatic N) is 4. The largest absolute Gasteiger partial charge is 0.389 e. The maximum absolute atomic E-state index is 12.6. The lowest BCUT2D eigenvalue weighted by Gasteiger charge is -2.23. The quantitative estimate of drug-likeness (QED) is 0.275. The molecular weight excluding hydrogens is 539 g/mol. The van der Waals surface area contributed by atoms with Gasteiger partial charge in [0.15, 0.2) is 17.0 Å². The summed E-state index contributed by atoms with van der Waals surface area (Å²) in [6.07, 6.45) is -0.343. The Morgan fingerprint density at radius 1 is 1.13 bits per heavy atom. The number of carbonyl (C=O) groups excluding carboxylic acids is 1. The molecule has 2 aromatic heterocycles. The minimum atomic E-state index is -1.20. The predicted molar refractivity (Wildman–Crippen MR) is 147 cm³/mol. The van der Waals surface area contributed by atoms with Crippen molar-refractivity contribution in [3.8, 4) is 11.8 Å². The zero-order chi connectivity index (χ0) is 27.3. The third kappa shape index (κ3) is 4.39. The smallest absolute Gasteiger partial charge is 0.229 e. The summed E-state index contributed by atoms with van der Waals surface area (Å²) < 4.78 is 1.72. The number of hydrogen-bond donors (Lipinski definition) is 4. The van der Waals surface area contributed by atoms with Gasteiger partial charge in [0, 0.05) is 35.1 Å². The number of nitrogens with one attached hydrogen (secondary N) is 2. The van der Waals surface area contributed by atoms with Crippen LogP contribution < -0.4 is 10.6 Å². The third-order valence-corrected chi connectivity index (χ3v) is 8.03. The fourth-order valence-corrected chi connectivity index (χ4v) is 6.03. The van der Waals surface area contributed by atoms with Crippen LogP contribution in [0.4, 0.5) is 5.82 Å². The first-order valence-corrected chi connectivity index (χ1v) is 13.2.